The van der Waals surface area contributed by atoms with Gasteiger partial charge in [-0.05, 0) is 19.5 Å². The van der Waals surface area contributed by atoms with Crippen LogP contribution in [0.3, 0.4) is 0 Å². The van der Waals surface area contributed by atoms with Gasteiger partial charge in [0.25, 0.3) is 0 Å². The highest BCUT2D eigenvalue weighted by atomic mass is 16.3. The predicted octanol–water partition coefficient (Wildman–Crippen LogP) is 1.49. The summed E-state index contributed by atoms with van der Waals surface area (Å²) in [7, 11) is 1.99. The second-order valence-corrected chi connectivity index (χ2v) is 2.68. The zero-order valence-corrected chi connectivity index (χ0v) is 6.05. The second-order valence-electron chi connectivity index (χ2n) is 2.68. The summed E-state index contributed by atoms with van der Waals surface area (Å²) in [6, 6.07) is 2.59. The summed E-state index contributed by atoms with van der Waals surface area (Å²) >= 11 is 0. The Balaban J connectivity index is 2.34. The molecule has 0 radical (unpaired) electrons. The van der Waals surface area contributed by atoms with Crippen molar-refractivity contribution < 1.29 is 4.42 Å². The first-order valence-corrected chi connectivity index (χ1v) is 3.65. The fraction of sp³-hybridized carbons (Fsp3) is 0.500. The zero-order chi connectivity index (χ0) is 6.97. The van der Waals surface area contributed by atoms with Crippen LogP contribution in [0.25, 0.3) is 0 Å². The molecule has 2 heteroatoms. The van der Waals surface area contributed by atoms with Crippen molar-refractivity contribution in [1.82, 2.24) is 5.32 Å². The van der Waals surface area contributed by atoms with E-state index in [2.05, 4.69) is 11.4 Å². The first-order valence-electron chi connectivity index (χ1n) is 3.65. The second kappa shape index (κ2) is 2.13. The number of fused-ring (bicyclic) bond motifs is 1. The molecule has 0 amide bonds. The van der Waals surface area contributed by atoms with Gasteiger partial charge in [0.2, 0.25) is 0 Å². The Kier molecular flexibility index (Phi) is 1.27. The van der Waals surface area contributed by atoms with E-state index >= 15 is 0 Å². The monoisotopic (exact) mass is 137 g/mol. The molecule has 0 spiro atoms. The van der Waals surface area contributed by atoms with E-state index < -0.39 is 0 Å². The number of aryl methyl sites for hydroxylation is 1. The standard InChI is InChI=1S/C8H11NO/c1-9-7-2-3-8-6(7)4-5-10-8/h4-5,7,9H,2-3H2,1H3. The van der Waals surface area contributed by atoms with Crippen LogP contribution in [0, 0.1) is 0 Å². The number of hydrogen-bond acceptors (Lipinski definition) is 2. The summed E-state index contributed by atoms with van der Waals surface area (Å²) in [5.41, 5.74) is 1.35. The smallest absolute Gasteiger partial charge is 0.108 e. The van der Waals surface area contributed by atoms with Gasteiger partial charge in [0.15, 0.2) is 0 Å². The Labute approximate surface area is 60.2 Å². The van der Waals surface area contributed by atoms with E-state index in [1.54, 1.807) is 6.26 Å². The zero-order valence-electron chi connectivity index (χ0n) is 6.05. The fourth-order valence-electron chi connectivity index (χ4n) is 1.59. The largest absolute Gasteiger partial charge is 0.469 e. The third kappa shape index (κ3) is 0.688. The van der Waals surface area contributed by atoms with E-state index in [1.165, 1.54) is 17.7 Å². The molecular weight excluding hydrogens is 126 g/mol. The maximum Gasteiger partial charge on any atom is 0.108 e. The molecule has 10 heavy (non-hydrogen) atoms. The van der Waals surface area contributed by atoms with Gasteiger partial charge in [-0.15, -0.1) is 0 Å². The summed E-state index contributed by atoms with van der Waals surface area (Å²) in [6.07, 6.45) is 4.05. The minimum Gasteiger partial charge on any atom is -0.469 e. The third-order valence-electron chi connectivity index (χ3n) is 2.16. The summed E-state index contributed by atoms with van der Waals surface area (Å²) in [5.74, 6) is 1.17. The molecule has 0 saturated carbocycles. The number of nitrogens with one attached hydrogen (secondary N) is 1. The van der Waals surface area contributed by atoms with Crippen molar-refractivity contribution in [2.75, 3.05) is 7.05 Å². The lowest BCUT2D eigenvalue weighted by molar-refractivity contribution is 0.510. The molecule has 1 aliphatic rings. The van der Waals surface area contributed by atoms with Crippen LogP contribution in [-0.2, 0) is 6.42 Å². The molecule has 0 fully saturated rings. The average molecular weight is 137 g/mol. The lowest BCUT2D eigenvalue weighted by Gasteiger charge is -2.05. The molecule has 1 heterocycles. The molecule has 1 aliphatic carbocycles. The van der Waals surface area contributed by atoms with Gasteiger partial charge < -0.3 is 9.73 Å². The molecule has 1 N–H and O–H groups in total. The van der Waals surface area contributed by atoms with Crippen molar-refractivity contribution in [3.63, 3.8) is 0 Å². The lowest BCUT2D eigenvalue weighted by atomic mass is 10.2. The Hall–Kier alpha value is -0.760. The van der Waals surface area contributed by atoms with Crippen molar-refractivity contribution in [3.8, 4) is 0 Å². The lowest BCUT2D eigenvalue weighted by Crippen LogP contribution is -2.12. The van der Waals surface area contributed by atoms with Crippen molar-refractivity contribution in [2.24, 2.45) is 0 Å². The molecule has 0 bridgehead atoms. The van der Waals surface area contributed by atoms with Crippen LogP contribution in [0.1, 0.15) is 23.8 Å². The van der Waals surface area contributed by atoms with E-state index in [1.807, 2.05) is 7.05 Å². The Morgan fingerprint density at radius 1 is 1.70 bits per heavy atom. The quantitative estimate of drug-likeness (QED) is 0.634. The predicted molar refractivity (Wildman–Crippen MR) is 38.8 cm³/mol. The van der Waals surface area contributed by atoms with Gasteiger partial charge in [-0.3, -0.25) is 0 Å². The van der Waals surface area contributed by atoms with Crippen LogP contribution >= 0.6 is 0 Å². The van der Waals surface area contributed by atoms with E-state index in [0.29, 0.717) is 6.04 Å². The molecule has 0 aromatic carbocycles. The topological polar surface area (TPSA) is 25.2 Å². The molecule has 1 aromatic heterocycles. The minimum absolute atomic E-state index is 0.536. The van der Waals surface area contributed by atoms with Crippen LogP contribution in [0.2, 0.25) is 0 Å². The summed E-state index contributed by atoms with van der Waals surface area (Å²) in [4.78, 5) is 0. The first-order chi connectivity index (χ1) is 4.92. The molecule has 2 rings (SSSR count). The van der Waals surface area contributed by atoms with Gasteiger partial charge in [-0.25, -0.2) is 0 Å². The average Bonchev–Trinajstić information content (AvgIpc) is 2.44. The summed E-state index contributed by atoms with van der Waals surface area (Å²) in [6.45, 7) is 0. The maximum atomic E-state index is 5.27. The van der Waals surface area contributed by atoms with Gasteiger partial charge >= 0.3 is 0 Å². The fourth-order valence-corrected chi connectivity index (χ4v) is 1.59. The highest BCUT2D eigenvalue weighted by molar-refractivity contribution is 5.26. The van der Waals surface area contributed by atoms with Gasteiger partial charge in [-0.2, -0.15) is 0 Å². The normalized spacial score (nSPS) is 23.1. The summed E-state index contributed by atoms with van der Waals surface area (Å²) < 4.78 is 5.27. The Morgan fingerprint density at radius 2 is 2.60 bits per heavy atom. The molecule has 2 nitrogen and oxygen atoms in total. The van der Waals surface area contributed by atoms with Gasteiger partial charge in [0.1, 0.15) is 5.76 Å². The molecular formula is C8H11NO. The number of furan rings is 1. The Morgan fingerprint density at radius 3 is 3.40 bits per heavy atom. The Bertz CT molecular complexity index is 229. The van der Waals surface area contributed by atoms with Gasteiger partial charge in [-0.1, -0.05) is 0 Å². The van der Waals surface area contributed by atoms with Crippen molar-refractivity contribution in [2.45, 2.75) is 18.9 Å². The molecule has 0 saturated heterocycles. The van der Waals surface area contributed by atoms with E-state index in [9.17, 15) is 0 Å². The minimum atomic E-state index is 0.536. The van der Waals surface area contributed by atoms with Crippen molar-refractivity contribution >= 4 is 0 Å². The first kappa shape index (κ1) is 5.98. The van der Waals surface area contributed by atoms with Crippen LogP contribution in [0.15, 0.2) is 16.7 Å². The maximum absolute atomic E-state index is 5.27. The van der Waals surface area contributed by atoms with Crippen LogP contribution in [0.5, 0.6) is 0 Å². The molecule has 1 unspecified atom stereocenters. The van der Waals surface area contributed by atoms with E-state index in [4.69, 9.17) is 4.42 Å². The summed E-state index contributed by atoms with van der Waals surface area (Å²) in [5, 5.41) is 3.25. The third-order valence-corrected chi connectivity index (χ3v) is 2.16. The van der Waals surface area contributed by atoms with E-state index in [0.717, 1.165) is 6.42 Å². The highest BCUT2D eigenvalue weighted by Crippen LogP contribution is 2.30. The van der Waals surface area contributed by atoms with Gasteiger partial charge in [0.05, 0.1) is 6.26 Å². The van der Waals surface area contributed by atoms with Crippen molar-refractivity contribution in [1.29, 1.82) is 0 Å². The van der Waals surface area contributed by atoms with Crippen LogP contribution < -0.4 is 5.32 Å². The SMILES string of the molecule is CNC1CCc2occc21. The molecule has 1 aromatic rings. The highest BCUT2D eigenvalue weighted by Gasteiger charge is 2.22. The van der Waals surface area contributed by atoms with Crippen LogP contribution in [0.4, 0.5) is 0 Å². The molecule has 1 atom stereocenters. The van der Waals surface area contributed by atoms with Gasteiger partial charge in [0, 0.05) is 18.0 Å². The molecule has 54 valence electrons. The van der Waals surface area contributed by atoms with E-state index in [-0.39, 0.29) is 0 Å². The number of hydrogen-bond donors (Lipinski definition) is 1. The van der Waals surface area contributed by atoms with Crippen molar-refractivity contribution in [3.05, 3.63) is 23.7 Å². The van der Waals surface area contributed by atoms with Crippen LogP contribution in [-0.4, -0.2) is 7.05 Å². The molecule has 0 aliphatic heterocycles. The number of rotatable bonds is 1.